The molecule has 0 saturated carbocycles. The van der Waals surface area contributed by atoms with E-state index in [9.17, 15) is 23.2 Å². The Kier molecular flexibility index (Phi) is 7.48. The average molecular weight is 610 g/mol. The average Bonchev–Trinajstić information content (AvgIpc) is 3.76. The van der Waals surface area contributed by atoms with E-state index in [0.717, 1.165) is 10.9 Å². The molecule has 2 fully saturated rings. The summed E-state index contributed by atoms with van der Waals surface area (Å²) < 4.78 is 39.4. The zero-order valence-electron chi connectivity index (χ0n) is 23.2. The first-order valence-electron chi connectivity index (χ1n) is 13.7. The Balaban J connectivity index is 1.17. The molecule has 0 aliphatic carbocycles. The summed E-state index contributed by atoms with van der Waals surface area (Å²) in [4.78, 5) is 44.0. The minimum atomic E-state index is -1.10. The number of carbonyl (C=O) groups excluding carboxylic acids is 3. The van der Waals surface area contributed by atoms with Gasteiger partial charge in [0.05, 0.1) is 25.8 Å². The van der Waals surface area contributed by atoms with Gasteiger partial charge in [-0.1, -0.05) is 6.07 Å². The first-order chi connectivity index (χ1) is 20.5. The SMILES string of the molecule is C[C@@H](NC(=O)[C@@H]1CC2(CN1C(=O)CN1Cc3cc(-c4ccc(F)cc4F)ccc3C1=O)OCCO2)c1cc(C(=N)N)cs1. The summed E-state index contributed by atoms with van der Waals surface area (Å²) >= 11 is 1.37. The Morgan fingerprint density at radius 2 is 1.91 bits per heavy atom. The molecule has 4 N–H and O–H groups in total. The third-order valence-corrected chi connectivity index (χ3v) is 9.11. The first kappa shape index (κ1) is 28.9. The molecule has 2 aromatic carbocycles. The van der Waals surface area contributed by atoms with Crippen LogP contribution in [-0.4, -0.2) is 71.5 Å². The van der Waals surface area contributed by atoms with E-state index in [1.165, 1.54) is 33.3 Å². The minimum absolute atomic E-state index is 0.0365. The minimum Gasteiger partial charge on any atom is -0.384 e. The number of halogens is 2. The second-order valence-electron chi connectivity index (χ2n) is 10.9. The van der Waals surface area contributed by atoms with Gasteiger partial charge < -0.3 is 30.3 Å². The standard InChI is InChI=1S/C30H29F2N5O5S/c1-16(25-9-19(14-43-25)27(33)34)35-28(39)24-11-30(41-6-7-42-30)15-37(24)26(38)13-36-12-18-8-17(2-4-22(18)29(36)40)21-5-3-20(31)10-23(21)32/h2-5,8-10,14,16,24H,6-7,11-13,15H2,1H3,(H3,33,34)(H,35,39)/t16-,24+/m1/s1. The number of ether oxygens (including phenoxy) is 2. The van der Waals surface area contributed by atoms with Gasteiger partial charge in [0, 0.05) is 46.0 Å². The summed E-state index contributed by atoms with van der Waals surface area (Å²) in [6.45, 7) is 2.36. The fraction of sp³-hybridized carbons (Fsp3) is 0.333. The number of amidine groups is 1. The van der Waals surface area contributed by atoms with Gasteiger partial charge in [-0.3, -0.25) is 19.8 Å². The number of likely N-dealkylation sites (tertiary alicyclic amines) is 1. The van der Waals surface area contributed by atoms with Crippen molar-refractivity contribution in [3.8, 4) is 11.1 Å². The molecule has 2 atom stereocenters. The number of nitrogens with zero attached hydrogens (tertiary/aromatic N) is 2. The highest BCUT2D eigenvalue weighted by Crippen LogP contribution is 2.36. The summed E-state index contributed by atoms with van der Waals surface area (Å²) in [5, 5.41) is 12.3. The van der Waals surface area contributed by atoms with Crippen molar-refractivity contribution in [1.29, 1.82) is 5.41 Å². The molecule has 0 unspecified atom stereocenters. The van der Waals surface area contributed by atoms with E-state index in [2.05, 4.69) is 5.32 Å². The molecule has 43 heavy (non-hydrogen) atoms. The zero-order chi connectivity index (χ0) is 30.5. The maximum atomic E-state index is 14.4. The highest BCUT2D eigenvalue weighted by molar-refractivity contribution is 7.10. The summed E-state index contributed by atoms with van der Waals surface area (Å²) in [5.74, 6) is -3.75. The Labute approximate surface area is 249 Å². The lowest BCUT2D eigenvalue weighted by molar-refractivity contribution is -0.152. The molecular weight excluding hydrogens is 580 g/mol. The lowest BCUT2D eigenvalue weighted by Gasteiger charge is -2.27. The molecule has 1 aromatic heterocycles. The molecule has 3 aliphatic heterocycles. The number of thiophene rings is 1. The number of amides is 3. The van der Waals surface area contributed by atoms with Crippen LogP contribution in [0.25, 0.3) is 11.1 Å². The van der Waals surface area contributed by atoms with Crippen molar-refractivity contribution in [3.63, 3.8) is 0 Å². The number of benzene rings is 2. The van der Waals surface area contributed by atoms with Crippen molar-refractivity contribution in [2.45, 2.75) is 37.8 Å². The maximum absolute atomic E-state index is 14.4. The summed E-state index contributed by atoms with van der Waals surface area (Å²) in [7, 11) is 0. The molecule has 0 bridgehead atoms. The van der Waals surface area contributed by atoms with Gasteiger partial charge >= 0.3 is 0 Å². The number of nitrogen functional groups attached to an aromatic ring is 1. The molecule has 10 nitrogen and oxygen atoms in total. The van der Waals surface area contributed by atoms with Crippen LogP contribution in [0.3, 0.4) is 0 Å². The summed E-state index contributed by atoms with van der Waals surface area (Å²) in [6, 6.07) is 8.58. The fourth-order valence-electron chi connectivity index (χ4n) is 5.80. The Bertz CT molecular complexity index is 1640. The van der Waals surface area contributed by atoms with Crippen LogP contribution >= 0.6 is 11.3 Å². The van der Waals surface area contributed by atoms with E-state index in [4.69, 9.17) is 20.6 Å². The molecule has 13 heteroatoms. The lowest BCUT2D eigenvalue weighted by atomic mass is 10.00. The molecule has 3 aromatic rings. The number of carbonyl (C=O) groups is 3. The first-order valence-corrected chi connectivity index (χ1v) is 14.6. The van der Waals surface area contributed by atoms with Crippen molar-refractivity contribution >= 4 is 34.9 Å². The van der Waals surface area contributed by atoms with Crippen molar-refractivity contribution in [3.05, 3.63) is 81.0 Å². The van der Waals surface area contributed by atoms with Gasteiger partial charge in [-0.15, -0.1) is 11.3 Å². The molecule has 0 radical (unpaired) electrons. The predicted octanol–water partition coefficient (Wildman–Crippen LogP) is 3.15. The highest BCUT2D eigenvalue weighted by atomic mass is 32.1. The van der Waals surface area contributed by atoms with Gasteiger partial charge in [0.2, 0.25) is 11.8 Å². The van der Waals surface area contributed by atoms with E-state index in [0.29, 0.717) is 35.5 Å². The van der Waals surface area contributed by atoms with Crippen molar-refractivity contribution in [2.75, 3.05) is 26.3 Å². The van der Waals surface area contributed by atoms with E-state index in [-0.39, 0.29) is 43.4 Å². The Hall–Kier alpha value is -4.20. The number of hydrogen-bond donors (Lipinski definition) is 3. The number of hydrogen-bond acceptors (Lipinski definition) is 7. The largest absolute Gasteiger partial charge is 0.384 e. The van der Waals surface area contributed by atoms with Gasteiger partial charge in [0.25, 0.3) is 5.91 Å². The smallest absolute Gasteiger partial charge is 0.254 e. The molecule has 3 amide bonds. The van der Waals surface area contributed by atoms with Crippen LogP contribution in [0.1, 0.15) is 45.7 Å². The second kappa shape index (κ2) is 11.1. The fourth-order valence-corrected chi connectivity index (χ4v) is 6.71. The van der Waals surface area contributed by atoms with Crippen LogP contribution in [0.15, 0.2) is 47.8 Å². The Morgan fingerprint density at radius 3 is 2.60 bits per heavy atom. The van der Waals surface area contributed by atoms with E-state index in [1.54, 1.807) is 36.6 Å². The van der Waals surface area contributed by atoms with Crippen molar-refractivity contribution < 1.29 is 32.6 Å². The molecule has 2 saturated heterocycles. The van der Waals surface area contributed by atoms with E-state index >= 15 is 0 Å². The molecule has 3 aliphatic rings. The van der Waals surface area contributed by atoms with E-state index < -0.39 is 41.3 Å². The zero-order valence-corrected chi connectivity index (χ0v) is 24.0. The highest BCUT2D eigenvalue weighted by Gasteiger charge is 2.53. The molecule has 6 rings (SSSR count). The molecule has 4 heterocycles. The van der Waals surface area contributed by atoms with Crippen LogP contribution in [0, 0.1) is 17.0 Å². The normalized spacial score (nSPS) is 19.6. The van der Waals surface area contributed by atoms with Crippen molar-refractivity contribution in [1.82, 2.24) is 15.1 Å². The molecule has 224 valence electrons. The number of fused-ring (bicyclic) bond motifs is 1. The topological polar surface area (TPSA) is 138 Å². The monoisotopic (exact) mass is 609 g/mol. The lowest BCUT2D eigenvalue weighted by Crippen LogP contribution is -2.49. The summed E-state index contributed by atoms with van der Waals surface area (Å²) in [5.41, 5.74) is 7.83. The number of rotatable bonds is 7. The van der Waals surface area contributed by atoms with Gasteiger partial charge in [-0.25, -0.2) is 8.78 Å². The Morgan fingerprint density at radius 1 is 1.16 bits per heavy atom. The van der Waals surface area contributed by atoms with Crippen LogP contribution in [0.2, 0.25) is 0 Å². The summed E-state index contributed by atoms with van der Waals surface area (Å²) in [6.07, 6.45) is 0.140. The van der Waals surface area contributed by atoms with Gasteiger partial charge in [-0.2, -0.15) is 0 Å². The third kappa shape index (κ3) is 5.51. The van der Waals surface area contributed by atoms with Crippen LogP contribution in [0.5, 0.6) is 0 Å². The second-order valence-corrected chi connectivity index (χ2v) is 11.8. The molecule has 1 spiro atoms. The maximum Gasteiger partial charge on any atom is 0.254 e. The predicted molar refractivity (Wildman–Crippen MR) is 153 cm³/mol. The molecular formula is C30H29F2N5O5S. The van der Waals surface area contributed by atoms with E-state index in [1.807, 2.05) is 0 Å². The van der Waals surface area contributed by atoms with Crippen LogP contribution in [0.4, 0.5) is 8.78 Å². The number of nitrogens with two attached hydrogens (primary N) is 1. The third-order valence-electron chi connectivity index (χ3n) is 8.00. The van der Waals surface area contributed by atoms with Gasteiger partial charge in [0.1, 0.15) is 30.1 Å². The van der Waals surface area contributed by atoms with Crippen molar-refractivity contribution in [2.24, 2.45) is 5.73 Å². The number of nitrogens with one attached hydrogen (secondary N) is 2. The van der Waals surface area contributed by atoms with Crippen LogP contribution < -0.4 is 11.1 Å². The quantitative estimate of drug-likeness (QED) is 0.278. The van der Waals surface area contributed by atoms with Gasteiger partial charge in [-0.05, 0) is 48.4 Å². The van der Waals surface area contributed by atoms with Crippen LogP contribution in [-0.2, 0) is 25.6 Å². The van der Waals surface area contributed by atoms with Gasteiger partial charge in [0.15, 0.2) is 5.79 Å².